The monoisotopic (exact) mass is 496 g/mol. The van der Waals surface area contributed by atoms with Crippen molar-refractivity contribution < 1.29 is 22.8 Å². The smallest absolute Gasteiger partial charge is 0.237 e. The van der Waals surface area contributed by atoms with Crippen molar-refractivity contribution in [1.82, 2.24) is 5.32 Å². The van der Waals surface area contributed by atoms with Gasteiger partial charge in [0.15, 0.2) is 0 Å². The third-order valence-electron chi connectivity index (χ3n) is 7.67. The van der Waals surface area contributed by atoms with Crippen molar-refractivity contribution in [1.29, 1.82) is 0 Å². The Hall–Kier alpha value is -2.09. The number of ketones is 1. The minimum absolute atomic E-state index is 0.0229. The molecule has 1 unspecified atom stereocenters. The first-order valence-corrected chi connectivity index (χ1v) is 11.4. The molecule has 9 heteroatoms. The number of carbonyl (C=O) groups excluding carboxylic acids is 2. The summed E-state index contributed by atoms with van der Waals surface area (Å²) in [7, 11) is 0. The average Bonchev–Trinajstić information content (AvgIpc) is 3.22. The Labute approximate surface area is 198 Å². The fourth-order valence-corrected chi connectivity index (χ4v) is 6.83. The summed E-state index contributed by atoms with van der Waals surface area (Å²) in [6, 6.07) is 8.34. The summed E-state index contributed by atoms with van der Waals surface area (Å²) in [4.78, 5) is 26.7. The van der Waals surface area contributed by atoms with E-state index in [0.29, 0.717) is 16.3 Å². The molecule has 2 aromatic carbocycles. The molecule has 1 amide bonds. The highest BCUT2D eigenvalue weighted by Crippen LogP contribution is 2.68. The van der Waals surface area contributed by atoms with E-state index in [-0.39, 0.29) is 29.2 Å². The number of anilines is 1. The van der Waals surface area contributed by atoms with Crippen molar-refractivity contribution in [3.05, 3.63) is 63.4 Å². The molecular weight excluding hydrogens is 476 g/mol. The molecular formula is C24H21Cl2F3N2O2. The molecule has 5 rings (SSSR count). The van der Waals surface area contributed by atoms with Crippen LogP contribution in [-0.2, 0) is 15.0 Å². The van der Waals surface area contributed by atoms with Crippen molar-refractivity contribution in [3.8, 4) is 0 Å². The summed E-state index contributed by atoms with van der Waals surface area (Å²) in [6.45, 7) is -0.455. The van der Waals surface area contributed by atoms with Gasteiger partial charge in [0, 0.05) is 27.6 Å². The number of amides is 1. The molecule has 0 aromatic heterocycles. The Balaban J connectivity index is 1.82. The van der Waals surface area contributed by atoms with Gasteiger partial charge in [-0.1, -0.05) is 41.4 Å². The molecule has 3 aliphatic rings. The lowest BCUT2D eigenvalue weighted by Gasteiger charge is -2.59. The molecule has 2 heterocycles. The second kappa shape index (κ2) is 7.45. The van der Waals surface area contributed by atoms with Gasteiger partial charge in [0.25, 0.3) is 0 Å². The van der Waals surface area contributed by atoms with Gasteiger partial charge < -0.3 is 5.32 Å². The van der Waals surface area contributed by atoms with Gasteiger partial charge in [0.2, 0.25) is 5.91 Å². The first-order valence-electron chi connectivity index (χ1n) is 10.6. The number of fused-ring (bicyclic) bond motifs is 3. The zero-order valence-corrected chi connectivity index (χ0v) is 19.2. The quantitative estimate of drug-likeness (QED) is 0.617. The number of nitrogens with one attached hydrogen (secondary N) is 2. The first kappa shape index (κ1) is 22.7. The molecule has 2 N–H and O–H groups in total. The lowest BCUT2D eigenvalue weighted by molar-refractivity contribution is -0.131. The van der Waals surface area contributed by atoms with E-state index in [2.05, 4.69) is 10.6 Å². The largest absolute Gasteiger partial charge is 0.325 e. The van der Waals surface area contributed by atoms with Gasteiger partial charge in [-0.25, -0.2) is 4.39 Å². The minimum atomic E-state index is -1.50. The highest BCUT2D eigenvalue weighted by molar-refractivity contribution is 6.31. The van der Waals surface area contributed by atoms with Gasteiger partial charge in [0.05, 0.1) is 24.4 Å². The standard InChI is InChI=1S/C24H21Cl2F3N2O2/c1-12(32)20-18(14-3-2-4-16(26)19(14)29)24(23(31-20)8-22(9-23,10-27)11-28)15-6-5-13(25)7-17(15)30-21(24)33/h2-7,18,20,31H,8-11H2,1H3,(H,30,33)/t18-,20?,24+/m0/s1. The molecule has 1 saturated heterocycles. The van der Waals surface area contributed by atoms with E-state index in [1.807, 2.05) is 0 Å². The van der Waals surface area contributed by atoms with Crippen LogP contribution in [0.3, 0.4) is 0 Å². The van der Waals surface area contributed by atoms with Crippen LogP contribution in [-0.4, -0.2) is 36.6 Å². The zero-order valence-electron chi connectivity index (χ0n) is 17.7. The van der Waals surface area contributed by atoms with Crippen molar-refractivity contribution in [2.75, 3.05) is 18.7 Å². The number of benzene rings is 2. The molecule has 2 aromatic rings. The van der Waals surface area contributed by atoms with Crippen molar-refractivity contribution in [3.63, 3.8) is 0 Å². The van der Waals surface area contributed by atoms with Crippen LogP contribution in [0.15, 0.2) is 36.4 Å². The van der Waals surface area contributed by atoms with Crippen molar-refractivity contribution >= 4 is 40.6 Å². The van der Waals surface area contributed by atoms with E-state index in [4.69, 9.17) is 23.2 Å². The van der Waals surface area contributed by atoms with Crippen LogP contribution in [0.1, 0.15) is 36.8 Å². The maximum atomic E-state index is 15.4. The van der Waals surface area contributed by atoms with Gasteiger partial charge in [-0.3, -0.25) is 23.7 Å². The van der Waals surface area contributed by atoms with Crippen LogP contribution in [0.5, 0.6) is 0 Å². The molecule has 174 valence electrons. The topological polar surface area (TPSA) is 58.2 Å². The fourth-order valence-electron chi connectivity index (χ4n) is 6.48. The molecule has 33 heavy (non-hydrogen) atoms. The number of halogens is 5. The summed E-state index contributed by atoms with van der Waals surface area (Å²) in [6.07, 6.45) is -0.0457. The number of Topliss-reactive ketones (excluding diaryl/α,β-unsaturated/α-hetero) is 1. The number of rotatable bonds is 4. The predicted molar refractivity (Wildman–Crippen MR) is 120 cm³/mol. The molecule has 0 bridgehead atoms. The van der Waals surface area contributed by atoms with E-state index in [1.54, 1.807) is 24.3 Å². The normalized spacial score (nSPS) is 28.6. The second-order valence-electron chi connectivity index (χ2n) is 9.51. The lowest BCUT2D eigenvalue weighted by Crippen LogP contribution is -2.70. The molecule has 3 atom stereocenters. The maximum absolute atomic E-state index is 15.4. The Morgan fingerprint density at radius 2 is 1.85 bits per heavy atom. The summed E-state index contributed by atoms with van der Waals surface area (Å²) in [5.41, 5.74) is -2.87. The minimum Gasteiger partial charge on any atom is -0.325 e. The second-order valence-corrected chi connectivity index (χ2v) is 10.4. The van der Waals surface area contributed by atoms with Crippen LogP contribution >= 0.6 is 23.2 Å². The van der Waals surface area contributed by atoms with E-state index < -0.39 is 53.4 Å². The van der Waals surface area contributed by atoms with Crippen LogP contribution in [0.4, 0.5) is 18.9 Å². The molecule has 2 spiro atoms. The Kier molecular flexibility index (Phi) is 5.13. The SMILES string of the molecule is CC(=O)C1NC2(CC(CF)(CF)C2)[C@@]2(C(=O)Nc3cc(Cl)ccc32)[C@H]1c1cccc(Cl)c1F. The number of hydrogen-bond donors (Lipinski definition) is 2. The summed E-state index contributed by atoms with van der Waals surface area (Å²) < 4.78 is 43.2. The zero-order chi connectivity index (χ0) is 23.8. The predicted octanol–water partition coefficient (Wildman–Crippen LogP) is 5.13. The first-order chi connectivity index (χ1) is 15.6. The number of carbonyl (C=O) groups is 2. The molecule has 4 nitrogen and oxygen atoms in total. The highest BCUT2D eigenvalue weighted by atomic mass is 35.5. The van der Waals surface area contributed by atoms with E-state index in [9.17, 15) is 18.4 Å². The van der Waals surface area contributed by atoms with E-state index in [0.717, 1.165) is 0 Å². The number of hydrogen-bond acceptors (Lipinski definition) is 3. The summed E-state index contributed by atoms with van der Waals surface area (Å²) >= 11 is 12.2. The third kappa shape index (κ3) is 2.82. The van der Waals surface area contributed by atoms with E-state index >= 15 is 4.39 Å². The average molecular weight is 497 g/mol. The molecule has 0 radical (unpaired) electrons. The Morgan fingerprint density at radius 3 is 2.48 bits per heavy atom. The maximum Gasteiger partial charge on any atom is 0.237 e. The molecule has 2 aliphatic heterocycles. The third-order valence-corrected chi connectivity index (χ3v) is 8.20. The van der Waals surface area contributed by atoms with Gasteiger partial charge in [-0.05, 0) is 49.1 Å². The molecule has 1 aliphatic carbocycles. The van der Waals surface area contributed by atoms with E-state index in [1.165, 1.54) is 19.1 Å². The van der Waals surface area contributed by atoms with Crippen LogP contribution in [0.2, 0.25) is 10.0 Å². The van der Waals surface area contributed by atoms with Crippen LogP contribution in [0.25, 0.3) is 0 Å². The molecule has 2 fully saturated rings. The Bertz CT molecular complexity index is 1180. The van der Waals surface area contributed by atoms with Crippen molar-refractivity contribution in [2.24, 2.45) is 5.41 Å². The Morgan fingerprint density at radius 1 is 1.15 bits per heavy atom. The van der Waals surface area contributed by atoms with Crippen molar-refractivity contribution in [2.45, 2.75) is 42.7 Å². The van der Waals surface area contributed by atoms with Crippen LogP contribution in [0, 0.1) is 11.2 Å². The fraction of sp³-hybridized carbons (Fsp3) is 0.417. The van der Waals surface area contributed by atoms with Gasteiger partial charge in [-0.15, -0.1) is 0 Å². The van der Waals surface area contributed by atoms with Gasteiger partial charge in [-0.2, -0.15) is 0 Å². The van der Waals surface area contributed by atoms with Gasteiger partial charge >= 0.3 is 0 Å². The lowest BCUT2D eigenvalue weighted by atomic mass is 9.46. The summed E-state index contributed by atoms with van der Waals surface area (Å²) in [5, 5.41) is 6.33. The highest BCUT2D eigenvalue weighted by Gasteiger charge is 2.77. The van der Waals surface area contributed by atoms with Gasteiger partial charge in [0.1, 0.15) is 17.0 Å². The van der Waals surface area contributed by atoms with Crippen LogP contribution < -0.4 is 10.6 Å². The summed E-state index contributed by atoms with van der Waals surface area (Å²) in [5.74, 6) is -2.51. The number of alkyl halides is 2. The molecule has 1 saturated carbocycles.